The first-order valence-electron chi connectivity index (χ1n) is 5.07. The molecule has 1 aromatic carbocycles. The first kappa shape index (κ1) is 10.6. The molecule has 4 N–H and O–H groups in total. The van der Waals surface area contributed by atoms with Gasteiger partial charge in [-0.15, -0.1) is 0 Å². The highest BCUT2D eigenvalue weighted by atomic mass is 16.1. The number of nitrogens with zero attached hydrogens (tertiary/aromatic N) is 2. The number of benzene rings is 1. The molecule has 0 saturated carbocycles. The monoisotopic (exact) mass is 218 g/mol. The number of primary amides is 1. The van der Waals surface area contributed by atoms with Crippen molar-refractivity contribution in [2.75, 3.05) is 0 Å². The lowest BCUT2D eigenvalue weighted by molar-refractivity contribution is -0.120. The largest absolute Gasteiger partial charge is 0.368 e. The van der Waals surface area contributed by atoms with Crippen LogP contribution in [0.15, 0.2) is 30.6 Å². The van der Waals surface area contributed by atoms with Crippen LogP contribution >= 0.6 is 0 Å². The van der Waals surface area contributed by atoms with Gasteiger partial charge in [0.25, 0.3) is 0 Å². The number of rotatable bonds is 3. The summed E-state index contributed by atoms with van der Waals surface area (Å²) in [5, 5.41) is 0. The summed E-state index contributed by atoms with van der Waals surface area (Å²) < 4.78 is 1.87. The summed E-state index contributed by atoms with van der Waals surface area (Å²) in [6.07, 6.45) is 1.68. The second kappa shape index (κ2) is 3.94. The zero-order valence-electron chi connectivity index (χ0n) is 9.00. The van der Waals surface area contributed by atoms with Gasteiger partial charge in [-0.2, -0.15) is 0 Å². The van der Waals surface area contributed by atoms with Gasteiger partial charge in [0.15, 0.2) is 0 Å². The summed E-state index contributed by atoms with van der Waals surface area (Å²) in [5.74, 6) is -0.509. The Morgan fingerprint density at radius 2 is 2.12 bits per heavy atom. The molecule has 16 heavy (non-hydrogen) atoms. The Balaban J connectivity index is 2.44. The van der Waals surface area contributed by atoms with E-state index in [4.69, 9.17) is 11.5 Å². The summed E-state index contributed by atoms with van der Waals surface area (Å²) in [5.41, 5.74) is 12.7. The molecule has 0 aliphatic heterocycles. The maximum atomic E-state index is 11.0. The van der Waals surface area contributed by atoms with Gasteiger partial charge < -0.3 is 16.0 Å². The molecule has 84 valence electrons. The quantitative estimate of drug-likeness (QED) is 0.782. The van der Waals surface area contributed by atoms with E-state index < -0.39 is 11.9 Å². The van der Waals surface area contributed by atoms with E-state index in [1.165, 1.54) is 0 Å². The van der Waals surface area contributed by atoms with E-state index in [9.17, 15) is 4.79 Å². The van der Waals surface area contributed by atoms with Crippen molar-refractivity contribution in [3.63, 3.8) is 0 Å². The smallest absolute Gasteiger partial charge is 0.236 e. The average Bonchev–Trinajstić information content (AvgIpc) is 2.70. The number of imidazole rings is 1. The minimum atomic E-state index is -0.711. The van der Waals surface area contributed by atoms with Crippen molar-refractivity contribution in [1.29, 1.82) is 0 Å². The van der Waals surface area contributed by atoms with Crippen LogP contribution in [-0.2, 0) is 4.79 Å². The van der Waals surface area contributed by atoms with E-state index in [1.807, 2.05) is 35.8 Å². The number of carbonyl (C=O) groups is 1. The lowest BCUT2D eigenvalue weighted by atomic mass is 10.1. The van der Waals surface area contributed by atoms with E-state index in [-0.39, 0.29) is 6.04 Å². The molecule has 0 bridgehead atoms. The molecule has 1 amide bonds. The Morgan fingerprint density at radius 3 is 2.81 bits per heavy atom. The van der Waals surface area contributed by atoms with Crippen LogP contribution in [0.4, 0.5) is 0 Å². The fourth-order valence-electron chi connectivity index (χ4n) is 1.71. The highest BCUT2D eigenvalue weighted by molar-refractivity contribution is 5.81. The van der Waals surface area contributed by atoms with Gasteiger partial charge in [-0.05, 0) is 19.1 Å². The van der Waals surface area contributed by atoms with Gasteiger partial charge in [-0.25, -0.2) is 4.98 Å². The number of carbonyl (C=O) groups excluding carboxylic acids is 1. The second-order valence-corrected chi connectivity index (χ2v) is 3.81. The number of amides is 1. The molecule has 1 aromatic heterocycles. The Labute approximate surface area is 93.1 Å². The molecule has 0 spiro atoms. The van der Waals surface area contributed by atoms with E-state index in [0.29, 0.717) is 0 Å². The molecule has 0 aliphatic carbocycles. The van der Waals surface area contributed by atoms with E-state index in [1.54, 1.807) is 6.33 Å². The van der Waals surface area contributed by atoms with Gasteiger partial charge in [0.2, 0.25) is 5.91 Å². The fraction of sp³-hybridized carbons (Fsp3) is 0.273. The Bertz CT molecular complexity index is 519. The normalized spacial score (nSPS) is 14.9. The van der Waals surface area contributed by atoms with Crippen LogP contribution in [0.5, 0.6) is 0 Å². The third kappa shape index (κ3) is 1.65. The van der Waals surface area contributed by atoms with Crippen LogP contribution in [0, 0.1) is 0 Å². The molecule has 2 atom stereocenters. The molecule has 0 fully saturated rings. The molecule has 0 radical (unpaired) electrons. The van der Waals surface area contributed by atoms with Crippen LogP contribution in [0.3, 0.4) is 0 Å². The first-order valence-corrected chi connectivity index (χ1v) is 5.07. The zero-order chi connectivity index (χ0) is 11.7. The summed E-state index contributed by atoms with van der Waals surface area (Å²) in [7, 11) is 0. The predicted molar refractivity (Wildman–Crippen MR) is 61.6 cm³/mol. The number of hydrogen-bond donors (Lipinski definition) is 2. The molecule has 2 aromatic rings. The van der Waals surface area contributed by atoms with Gasteiger partial charge in [-0.1, -0.05) is 12.1 Å². The van der Waals surface area contributed by atoms with Gasteiger partial charge in [0.1, 0.15) is 6.04 Å². The van der Waals surface area contributed by atoms with Gasteiger partial charge in [0.05, 0.1) is 23.4 Å². The molecular formula is C11H14N4O. The highest BCUT2D eigenvalue weighted by Crippen LogP contribution is 2.18. The summed E-state index contributed by atoms with van der Waals surface area (Å²) in [6, 6.07) is 6.77. The van der Waals surface area contributed by atoms with Gasteiger partial charge in [0, 0.05) is 0 Å². The van der Waals surface area contributed by atoms with Crippen LogP contribution < -0.4 is 11.5 Å². The molecule has 5 heteroatoms. The minimum absolute atomic E-state index is 0.204. The Hall–Kier alpha value is -1.88. The molecule has 2 rings (SSSR count). The first-order chi connectivity index (χ1) is 7.61. The predicted octanol–water partition coefficient (Wildman–Crippen LogP) is 0.410. The zero-order valence-corrected chi connectivity index (χ0v) is 9.00. The number of fused-ring (bicyclic) bond motifs is 1. The number of nitrogens with two attached hydrogens (primary N) is 2. The SMILES string of the molecule is CC(C(N)C(N)=O)n1cnc2ccccc21. The minimum Gasteiger partial charge on any atom is -0.368 e. The molecule has 0 saturated heterocycles. The van der Waals surface area contributed by atoms with E-state index >= 15 is 0 Å². The Morgan fingerprint density at radius 1 is 1.44 bits per heavy atom. The third-order valence-corrected chi connectivity index (χ3v) is 2.77. The Kier molecular flexibility index (Phi) is 2.62. The number of aromatic nitrogens is 2. The van der Waals surface area contributed by atoms with Crippen LogP contribution in [0.25, 0.3) is 11.0 Å². The summed E-state index contributed by atoms with van der Waals surface area (Å²) >= 11 is 0. The fourth-order valence-corrected chi connectivity index (χ4v) is 1.71. The molecule has 1 heterocycles. The van der Waals surface area contributed by atoms with E-state index in [0.717, 1.165) is 11.0 Å². The molecule has 5 nitrogen and oxygen atoms in total. The van der Waals surface area contributed by atoms with Crippen molar-refractivity contribution >= 4 is 16.9 Å². The lowest BCUT2D eigenvalue weighted by Crippen LogP contribution is -2.42. The van der Waals surface area contributed by atoms with E-state index in [2.05, 4.69) is 4.98 Å². The summed E-state index contributed by atoms with van der Waals surface area (Å²) in [6.45, 7) is 1.85. The van der Waals surface area contributed by atoms with Crippen molar-refractivity contribution in [1.82, 2.24) is 9.55 Å². The van der Waals surface area contributed by atoms with Gasteiger partial charge >= 0.3 is 0 Å². The maximum Gasteiger partial charge on any atom is 0.236 e. The van der Waals surface area contributed by atoms with Crippen molar-refractivity contribution in [2.45, 2.75) is 19.0 Å². The third-order valence-electron chi connectivity index (χ3n) is 2.77. The highest BCUT2D eigenvalue weighted by Gasteiger charge is 2.20. The van der Waals surface area contributed by atoms with Crippen LogP contribution in [0.1, 0.15) is 13.0 Å². The average molecular weight is 218 g/mol. The van der Waals surface area contributed by atoms with Gasteiger partial charge in [-0.3, -0.25) is 4.79 Å². The molecular weight excluding hydrogens is 204 g/mol. The lowest BCUT2D eigenvalue weighted by Gasteiger charge is -2.19. The van der Waals surface area contributed by atoms with Crippen molar-refractivity contribution in [3.05, 3.63) is 30.6 Å². The summed E-state index contributed by atoms with van der Waals surface area (Å²) in [4.78, 5) is 15.3. The maximum absolute atomic E-state index is 11.0. The topological polar surface area (TPSA) is 86.9 Å². The van der Waals surface area contributed by atoms with Crippen molar-refractivity contribution < 1.29 is 4.79 Å². The number of hydrogen-bond acceptors (Lipinski definition) is 3. The van der Waals surface area contributed by atoms with Crippen LogP contribution in [-0.4, -0.2) is 21.5 Å². The van der Waals surface area contributed by atoms with Crippen molar-refractivity contribution in [2.24, 2.45) is 11.5 Å². The van der Waals surface area contributed by atoms with Crippen molar-refractivity contribution in [3.8, 4) is 0 Å². The second-order valence-electron chi connectivity index (χ2n) is 3.81. The van der Waals surface area contributed by atoms with Crippen LogP contribution in [0.2, 0.25) is 0 Å². The number of para-hydroxylation sites is 2. The molecule has 2 unspecified atom stereocenters. The standard InChI is InChI=1S/C11H14N4O/c1-7(10(12)11(13)16)15-6-14-8-4-2-3-5-9(8)15/h2-7,10H,12H2,1H3,(H2,13,16). The molecule has 0 aliphatic rings.